The number of anilines is 1. The summed E-state index contributed by atoms with van der Waals surface area (Å²) in [5.74, 6) is 0. The van der Waals surface area contributed by atoms with Crippen molar-refractivity contribution in [3.63, 3.8) is 0 Å². The molecule has 0 radical (unpaired) electrons. The fourth-order valence-corrected chi connectivity index (χ4v) is 2.47. The molecule has 0 unspecified atom stereocenters. The predicted molar refractivity (Wildman–Crippen MR) is 78.2 cm³/mol. The Hall–Kier alpha value is -1.06. The highest BCUT2D eigenvalue weighted by atomic mass is 15.2. The van der Waals surface area contributed by atoms with E-state index in [1.807, 2.05) is 0 Å². The molecular weight excluding hydrogens is 222 g/mol. The number of piperidine rings is 1. The van der Waals surface area contributed by atoms with Crippen molar-refractivity contribution < 1.29 is 0 Å². The molecule has 2 rings (SSSR count). The van der Waals surface area contributed by atoms with Gasteiger partial charge in [-0.2, -0.15) is 0 Å². The molecule has 1 N–H and O–H groups in total. The van der Waals surface area contributed by atoms with Crippen LogP contribution in [0.5, 0.6) is 0 Å². The third kappa shape index (κ3) is 4.00. The van der Waals surface area contributed by atoms with Gasteiger partial charge in [0.2, 0.25) is 0 Å². The smallest absolute Gasteiger partial charge is 0.0366 e. The second-order valence-electron chi connectivity index (χ2n) is 5.35. The average molecular weight is 247 g/mol. The van der Waals surface area contributed by atoms with Crippen LogP contribution in [0.2, 0.25) is 0 Å². The summed E-state index contributed by atoms with van der Waals surface area (Å²) >= 11 is 0. The highest BCUT2D eigenvalue weighted by molar-refractivity contribution is 5.46. The summed E-state index contributed by atoms with van der Waals surface area (Å²) in [7, 11) is 4.25. The van der Waals surface area contributed by atoms with Gasteiger partial charge in [-0.05, 0) is 39.1 Å². The van der Waals surface area contributed by atoms with Crippen LogP contribution in [0.4, 0.5) is 5.69 Å². The van der Waals surface area contributed by atoms with Crippen LogP contribution < -0.4 is 10.2 Å². The summed E-state index contributed by atoms with van der Waals surface area (Å²) in [6.45, 7) is 4.56. The molecule has 3 heteroatoms. The van der Waals surface area contributed by atoms with Crippen molar-refractivity contribution in [2.24, 2.45) is 0 Å². The second kappa shape index (κ2) is 6.76. The van der Waals surface area contributed by atoms with Gasteiger partial charge in [-0.3, -0.25) is 0 Å². The zero-order valence-corrected chi connectivity index (χ0v) is 11.6. The number of benzene rings is 1. The first-order valence-electron chi connectivity index (χ1n) is 6.94. The van der Waals surface area contributed by atoms with Gasteiger partial charge in [0.05, 0.1) is 0 Å². The zero-order chi connectivity index (χ0) is 12.8. The molecule has 0 atom stereocenters. The maximum Gasteiger partial charge on any atom is 0.0366 e. The number of hydrogen-bond donors (Lipinski definition) is 1. The van der Waals surface area contributed by atoms with Crippen molar-refractivity contribution in [3.05, 3.63) is 30.3 Å². The fraction of sp³-hybridized carbons (Fsp3) is 0.600. The Kier molecular flexibility index (Phi) is 5.02. The normalized spacial score (nSPS) is 17.4. The minimum Gasteiger partial charge on any atom is -0.371 e. The molecule has 1 aliphatic rings. The highest BCUT2D eigenvalue weighted by Gasteiger charge is 2.18. The third-order valence-corrected chi connectivity index (χ3v) is 3.61. The van der Waals surface area contributed by atoms with Crippen LogP contribution in [-0.2, 0) is 0 Å². The average Bonchev–Trinajstić information content (AvgIpc) is 2.40. The maximum absolute atomic E-state index is 3.66. The summed E-state index contributed by atoms with van der Waals surface area (Å²) in [5.41, 5.74) is 1.37. The SMILES string of the molecule is CN(C)CCNC1CCN(c2ccccc2)CC1. The third-order valence-electron chi connectivity index (χ3n) is 3.61. The van der Waals surface area contributed by atoms with Crippen LogP contribution in [0.3, 0.4) is 0 Å². The lowest BCUT2D eigenvalue weighted by atomic mass is 10.0. The quantitative estimate of drug-likeness (QED) is 0.856. The number of hydrogen-bond acceptors (Lipinski definition) is 3. The molecule has 0 spiro atoms. The van der Waals surface area contributed by atoms with Gasteiger partial charge in [0, 0.05) is 37.9 Å². The van der Waals surface area contributed by atoms with E-state index in [9.17, 15) is 0 Å². The van der Waals surface area contributed by atoms with Crippen LogP contribution >= 0.6 is 0 Å². The minimum atomic E-state index is 0.699. The van der Waals surface area contributed by atoms with Crippen molar-refractivity contribution in [2.75, 3.05) is 45.2 Å². The van der Waals surface area contributed by atoms with Gasteiger partial charge in [-0.1, -0.05) is 18.2 Å². The van der Waals surface area contributed by atoms with Crippen LogP contribution in [0.25, 0.3) is 0 Å². The van der Waals surface area contributed by atoms with Crippen LogP contribution in [-0.4, -0.2) is 51.2 Å². The van der Waals surface area contributed by atoms with Crippen molar-refractivity contribution in [3.8, 4) is 0 Å². The van der Waals surface area contributed by atoms with Crippen molar-refractivity contribution in [1.29, 1.82) is 0 Å². The molecule has 0 bridgehead atoms. The molecule has 1 saturated heterocycles. The Morgan fingerprint density at radius 2 is 1.83 bits per heavy atom. The Bertz CT molecular complexity index is 329. The molecule has 0 amide bonds. The van der Waals surface area contributed by atoms with E-state index in [1.165, 1.54) is 31.6 Å². The van der Waals surface area contributed by atoms with E-state index in [4.69, 9.17) is 0 Å². The van der Waals surface area contributed by atoms with Gasteiger partial charge < -0.3 is 15.1 Å². The first-order valence-corrected chi connectivity index (χ1v) is 6.94. The Morgan fingerprint density at radius 1 is 1.17 bits per heavy atom. The summed E-state index contributed by atoms with van der Waals surface area (Å²) in [5, 5.41) is 3.66. The Balaban J connectivity index is 1.71. The molecule has 1 aromatic rings. The van der Waals surface area contributed by atoms with E-state index in [1.54, 1.807) is 0 Å². The number of likely N-dealkylation sites (N-methyl/N-ethyl adjacent to an activating group) is 1. The molecule has 1 heterocycles. The number of nitrogens with one attached hydrogen (secondary N) is 1. The summed E-state index contributed by atoms with van der Waals surface area (Å²) in [4.78, 5) is 4.72. The molecule has 3 nitrogen and oxygen atoms in total. The monoisotopic (exact) mass is 247 g/mol. The minimum absolute atomic E-state index is 0.699. The summed E-state index contributed by atoms with van der Waals surface area (Å²) in [6.07, 6.45) is 2.50. The largest absolute Gasteiger partial charge is 0.371 e. The van der Waals surface area contributed by atoms with Crippen molar-refractivity contribution >= 4 is 5.69 Å². The summed E-state index contributed by atoms with van der Waals surface area (Å²) < 4.78 is 0. The van der Waals surface area contributed by atoms with Gasteiger partial charge in [0.25, 0.3) is 0 Å². The predicted octanol–water partition coefficient (Wildman–Crippen LogP) is 1.81. The molecule has 0 aliphatic carbocycles. The van der Waals surface area contributed by atoms with Gasteiger partial charge >= 0.3 is 0 Å². The van der Waals surface area contributed by atoms with Gasteiger partial charge in [0.1, 0.15) is 0 Å². The highest BCUT2D eigenvalue weighted by Crippen LogP contribution is 2.19. The molecule has 0 aromatic heterocycles. The van der Waals surface area contributed by atoms with Crippen molar-refractivity contribution in [1.82, 2.24) is 10.2 Å². The van der Waals surface area contributed by atoms with Crippen LogP contribution in [0, 0.1) is 0 Å². The van der Waals surface area contributed by atoms with Crippen LogP contribution in [0.15, 0.2) is 30.3 Å². The van der Waals surface area contributed by atoms with E-state index < -0.39 is 0 Å². The van der Waals surface area contributed by atoms with Gasteiger partial charge in [-0.25, -0.2) is 0 Å². The standard InChI is InChI=1S/C15H25N3/c1-17(2)13-10-16-14-8-11-18(12-9-14)15-6-4-3-5-7-15/h3-7,14,16H,8-13H2,1-2H3. The maximum atomic E-state index is 3.66. The van der Waals surface area contributed by atoms with E-state index in [2.05, 4.69) is 59.5 Å². The number of nitrogens with zero attached hydrogens (tertiary/aromatic N) is 2. The molecule has 18 heavy (non-hydrogen) atoms. The molecule has 1 aromatic carbocycles. The van der Waals surface area contributed by atoms with E-state index in [0.29, 0.717) is 6.04 Å². The van der Waals surface area contributed by atoms with Crippen LogP contribution in [0.1, 0.15) is 12.8 Å². The van der Waals surface area contributed by atoms with Gasteiger partial charge in [0.15, 0.2) is 0 Å². The molecule has 1 fully saturated rings. The molecule has 100 valence electrons. The van der Waals surface area contributed by atoms with Gasteiger partial charge in [-0.15, -0.1) is 0 Å². The van der Waals surface area contributed by atoms with E-state index in [-0.39, 0.29) is 0 Å². The summed E-state index contributed by atoms with van der Waals surface area (Å²) in [6, 6.07) is 11.4. The van der Waals surface area contributed by atoms with E-state index in [0.717, 1.165) is 13.1 Å². The fourth-order valence-electron chi connectivity index (χ4n) is 2.47. The lowest BCUT2D eigenvalue weighted by Crippen LogP contribution is -2.44. The van der Waals surface area contributed by atoms with E-state index >= 15 is 0 Å². The lowest BCUT2D eigenvalue weighted by Gasteiger charge is -2.34. The topological polar surface area (TPSA) is 18.5 Å². The Labute approximate surface area is 111 Å². The first kappa shape index (κ1) is 13.4. The molecule has 0 saturated carbocycles. The lowest BCUT2D eigenvalue weighted by molar-refractivity contribution is 0.359. The zero-order valence-electron chi connectivity index (χ0n) is 11.6. The second-order valence-corrected chi connectivity index (χ2v) is 5.35. The Morgan fingerprint density at radius 3 is 2.44 bits per heavy atom. The van der Waals surface area contributed by atoms with Crippen molar-refractivity contribution in [2.45, 2.75) is 18.9 Å². The number of para-hydroxylation sites is 1. The molecule has 1 aliphatic heterocycles. The first-order chi connectivity index (χ1) is 8.75. The number of rotatable bonds is 5. The molecular formula is C15H25N3.